The molecule has 0 radical (unpaired) electrons. The Morgan fingerprint density at radius 1 is 1.10 bits per heavy atom. The van der Waals surface area contributed by atoms with Crippen LogP contribution in [0.4, 0.5) is 5.69 Å². The second kappa shape index (κ2) is 6.43. The number of aliphatic hydroxyl groups excluding tert-OH is 1. The van der Waals surface area contributed by atoms with Gasteiger partial charge < -0.3 is 14.9 Å². The highest BCUT2D eigenvalue weighted by molar-refractivity contribution is 6.19. The number of para-hydroxylation sites is 1. The van der Waals surface area contributed by atoms with Crippen molar-refractivity contribution in [2.75, 3.05) is 31.1 Å². The largest absolute Gasteiger partial charge is 0.512 e. The van der Waals surface area contributed by atoms with Crippen LogP contribution in [0.3, 0.4) is 0 Å². The summed E-state index contributed by atoms with van der Waals surface area (Å²) in [6.07, 6.45) is 0. The number of aliphatic hydroxyl groups is 1. The maximum absolute atomic E-state index is 11.6. The summed E-state index contributed by atoms with van der Waals surface area (Å²) < 4.78 is 0. The summed E-state index contributed by atoms with van der Waals surface area (Å²) in [5.74, 6) is -0.237. The molecule has 5 nitrogen and oxygen atoms in total. The number of allylic oxidation sites excluding steroid dienone is 1. The molecule has 0 atom stereocenters. The fraction of sp³-hybridized carbons (Fsp3) is 0.375. The number of hydrogen-bond donors (Lipinski definition) is 2. The van der Waals surface area contributed by atoms with Gasteiger partial charge in [0.25, 0.3) is 0 Å². The van der Waals surface area contributed by atoms with E-state index in [2.05, 4.69) is 17.0 Å². The number of amidine groups is 1. The zero-order chi connectivity index (χ0) is 15.4. The second-order valence-electron chi connectivity index (χ2n) is 5.17. The van der Waals surface area contributed by atoms with Crippen molar-refractivity contribution >= 4 is 17.3 Å². The van der Waals surface area contributed by atoms with E-state index in [-0.39, 0.29) is 23.0 Å². The summed E-state index contributed by atoms with van der Waals surface area (Å²) in [7, 11) is 0. The van der Waals surface area contributed by atoms with Crippen LogP contribution in [0.5, 0.6) is 0 Å². The lowest BCUT2D eigenvalue weighted by atomic mass is 10.1. The third-order valence-corrected chi connectivity index (χ3v) is 3.67. The third kappa shape index (κ3) is 3.42. The van der Waals surface area contributed by atoms with Crippen molar-refractivity contribution in [1.29, 1.82) is 5.41 Å². The summed E-state index contributed by atoms with van der Waals surface area (Å²) >= 11 is 0. The number of ketones is 1. The lowest BCUT2D eigenvalue weighted by Gasteiger charge is -2.37. The maximum atomic E-state index is 11.6. The van der Waals surface area contributed by atoms with Crippen LogP contribution in [0.15, 0.2) is 41.7 Å². The van der Waals surface area contributed by atoms with Gasteiger partial charge in [0.1, 0.15) is 11.6 Å². The Hall–Kier alpha value is -2.30. The van der Waals surface area contributed by atoms with E-state index in [1.807, 2.05) is 23.1 Å². The Balaban J connectivity index is 2.03. The Bertz CT molecular complexity index is 554. The molecule has 2 rings (SSSR count). The molecule has 0 aliphatic carbocycles. The van der Waals surface area contributed by atoms with Crippen molar-refractivity contribution in [3.63, 3.8) is 0 Å². The quantitative estimate of drug-likeness (QED) is 0.387. The van der Waals surface area contributed by atoms with Gasteiger partial charge in [-0.25, -0.2) is 0 Å². The molecule has 1 aromatic rings. The number of rotatable bonds is 3. The van der Waals surface area contributed by atoms with Gasteiger partial charge in [-0.15, -0.1) is 0 Å². The zero-order valence-corrected chi connectivity index (χ0v) is 12.5. The number of carbonyl (C=O) groups is 1. The van der Waals surface area contributed by atoms with Crippen molar-refractivity contribution in [2.45, 2.75) is 13.8 Å². The zero-order valence-electron chi connectivity index (χ0n) is 12.5. The Kier molecular flexibility index (Phi) is 4.62. The van der Waals surface area contributed by atoms with E-state index in [9.17, 15) is 9.90 Å². The van der Waals surface area contributed by atoms with E-state index < -0.39 is 0 Å². The van der Waals surface area contributed by atoms with Gasteiger partial charge in [0, 0.05) is 31.9 Å². The number of anilines is 1. The van der Waals surface area contributed by atoms with Crippen LogP contribution in [-0.4, -0.2) is 47.8 Å². The minimum atomic E-state index is -0.273. The van der Waals surface area contributed by atoms with Crippen LogP contribution in [0.2, 0.25) is 0 Å². The fourth-order valence-electron chi connectivity index (χ4n) is 2.58. The second-order valence-corrected chi connectivity index (χ2v) is 5.17. The van der Waals surface area contributed by atoms with E-state index in [0.717, 1.165) is 13.1 Å². The minimum Gasteiger partial charge on any atom is -0.512 e. The normalized spacial score (nSPS) is 16.5. The van der Waals surface area contributed by atoms with Crippen LogP contribution in [0.1, 0.15) is 13.8 Å². The summed E-state index contributed by atoms with van der Waals surface area (Å²) in [4.78, 5) is 15.7. The smallest absolute Gasteiger partial charge is 0.166 e. The first-order chi connectivity index (χ1) is 10.0. The molecule has 5 heteroatoms. The summed E-state index contributed by atoms with van der Waals surface area (Å²) in [6, 6.07) is 10.1. The first-order valence-electron chi connectivity index (χ1n) is 7.05. The van der Waals surface area contributed by atoms with Gasteiger partial charge in [-0.1, -0.05) is 18.2 Å². The molecule has 1 aliphatic heterocycles. The van der Waals surface area contributed by atoms with E-state index in [1.165, 1.54) is 19.5 Å². The van der Waals surface area contributed by atoms with Crippen molar-refractivity contribution in [3.8, 4) is 0 Å². The molecule has 0 spiro atoms. The van der Waals surface area contributed by atoms with Gasteiger partial charge in [0.05, 0.1) is 5.57 Å². The number of nitrogens with one attached hydrogen (secondary N) is 1. The van der Waals surface area contributed by atoms with E-state index >= 15 is 0 Å². The van der Waals surface area contributed by atoms with Gasteiger partial charge >= 0.3 is 0 Å². The number of nitrogens with zero attached hydrogens (tertiary/aromatic N) is 2. The highest BCUT2D eigenvalue weighted by Crippen LogP contribution is 2.17. The maximum Gasteiger partial charge on any atom is 0.166 e. The molecule has 0 amide bonds. The molecule has 1 heterocycles. The average Bonchev–Trinajstić information content (AvgIpc) is 2.47. The van der Waals surface area contributed by atoms with Gasteiger partial charge in [-0.2, -0.15) is 0 Å². The van der Waals surface area contributed by atoms with Crippen molar-refractivity contribution in [1.82, 2.24) is 4.90 Å². The highest BCUT2D eigenvalue weighted by Gasteiger charge is 2.24. The lowest BCUT2D eigenvalue weighted by Crippen LogP contribution is -2.49. The monoisotopic (exact) mass is 287 g/mol. The SMILES string of the molecule is CC(=O)/C(C(=N)N1CCN(c2ccccc2)CC1)=C(/C)O. The molecule has 1 fully saturated rings. The highest BCUT2D eigenvalue weighted by atomic mass is 16.3. The summed E-state index contributed by atoms with van der Waals surface area (Å²) in [6.45, 7) is 5.75. The molecule has 112 valence electrons. The van der Waals surface area contributed by atoms with Crippen LogP contribution < -0.4 is 4.90 Å². The third-order valence-electron chi connectivity index (χ3n) is 3.67. The van der Waals surface area contributed by atoms with Crippen molar-refractivity contribution in [3.05, 3.63) is 41.7 Å². The molecule has 1 aromatic carbocycles. The van der Waals surface area contributed by atoms with Crippen LogP contribution >= 0.6 is 0 Å². The van der Waals surface area contributed by atoms with Crippen molar-refractivity contribution < 1.29 is 9.90 Å². The first kappa shape index (κ1) is 15.1. The number of benzene rings is 1. The Labute approximate surface area is 125 Å². The standard InChI is InChI=1S/C16H21N3O2/c1-12(20)15(13(2)21)16(17)19-10-8-18(9-11-19)14-6-4-3-5-7-14/h3-7,17,20H,8-11H2,1-2H3/b15-12+,17-16?. The molecular weight excluding hydrogens is 266 g/mol. The summed E-state index contributed by atoms with van der Waals surface area (Å²) in [5.41, 5.74) is 1.28. The molecule has 1 aliphatic rings. The van der Waals surface area contributed by atoms with Gasteiger partial charge in [-0.05, 0) is 26.0 Å². The van der Waals surface area contributed by atoms with Crippen LogP contribution in [0.25, 0.3) is 0 Å². The predicted molar refractivity (Wildman–Crippen MR) is 84.0 cm³/mol. The fourth-order valence-corrected chi connectivity index (χ4v) is 2.58. The van der Waals surface area contributed by atoms with Crippen LogP contribution in [0, 0.1) is 5.41 Å². The Morgan fingerprint density at radius 3 is 2.14 bits per heavy atom. The number of carbonyl (C=O) groups excluding carboxylic acids is 1. The number of hydrogen-bond acceptors (Lipinski definition) is 4. The molecule has 2 N–H and O–H groups in total. The average molecular weight is 287 g/mol. The van der Waals surface area contributed by atoms with E-state index in [4.69, 9.17) is 5.41 Å². The number of Topliss-reactive ketones (excluding diaryl/α,β-unsaturated/α-hetero) is 1. The van der Waals surface area contributed by atoms with E-state index in [1.54, 1.807) is 0 Å². The van der Waals surface area contributed by atoms with E-state index in [0.29, 0.717) is 13.1 Å². The van der Waals surface area contributed by atoms with Gasteiger partial charge in [0.2, 0.25) is 0 Å². The molecular formula is C16H21N3O2. The summed E-state index contributed by atoms with van der Waals surface area (Å²) in [5, 5.41) is 17.7. The molecule has 0 saturated carbocycles. The Morgan fingerprint density at radius 2 is 1.67 bits per heavy atom. The lowest BCUT2D eigenvalue weighted by molar-refractivity contribution is -0.113. The first-order valence-corrected chi connectivity index (χ1v) is 7.05. The molecule has 1 saturated heterocycles. The number of piperazine rings is 1. The van der Waals surface area contributed by atoms with Gasteiger partial charge in [-0.3, -0.25) is 10.2 Å². The van der Waals surface area contributed by atoms with Crippen molar-refractivity contribution in [2.24, 2.45) is 0 Å². The molecule has 0 aromatic heterocycles. The molecule has 0 unspecified atom stereocenters. The topological polar surface area (TPSA) is 67.6 Å². The van der Waals surface area contributed by atoms with Crippen LogP contribution in [-0.2, 0) is 4.79 Å². The minimum absolute atomic E-state index is 0.0852. The molecule has 0 bridgehead atoms. The van der Waals surface area contributed by atoms with Gasteiger partial charge in [0.15, 0.2) is 5.78 Å². The molecule has 21 heavy (non-hydrogen) atoms. The predicted octanol–water partition coefficient (Wildman–Crippen LogP) is 2.21.